The molecule has 3 unspecified atom stereocenters. The number of cyclic esters (lactones) is 1. The number of hydrogen-bond donors (Lipinski definition) is 1. The molecule has 0 radical (unpaired) electrons. The van der Waals surface area contributed by atoms with E-state index in [4.69, 9.17) is 33.2 Å². The molecule has 2 rings (SSSR count). The van der Waals surface area contributed by atoms with Crippen molar-refractivity contribution in [3.63, 3.8) is 0 Å². The van der Waals surface area contributed by atoms with E-state index in [0.29, 0.717) is 19.1 Å². The van der Waals surface area contributed by atoms with Gasteiger partial charge in [-0.2, -0.15) is 0 Å². The number of hydrogen-bond acceptors (Lipinski definition) is 11. The maximum Gasteiger partial charge on any atom is 0.331 e. The van der Waals surface area contributed by atoms with Crippen LogP contribution in [0.1, 0.15) is 45.1 Å². The third kappa shape index (κ3) is 10.1. The number of esters is 2. The van der Waals surface area contributed by atoms with Gasteiger partial charge in [-0.3, -0.25) is 9.59 Å². The number of rotatable bonds is 12. The fourth-order valence-electron chi connectivity index (χ4n) is 3.18. The summed E-state index contributed by atoms with van der Waals surface area (Å²) in [6, 6.07) is 0.350. The van der Waals surface area contributed by atoms with Crippen molar-refractivity contribution < 1.29 is 47.5 Å². The molecule has 0 aliphatic carbocycles. The lowest BCUT2D eigenvalue weighted by Crippen LogP contribution is -2.45. The minimum Gasteiger partial charge on any atom is -0.493 e. The maximum atomic E-state index is 13.1. The van der Waals surface area contributed by atoms with Crippen LogP contribution in [0.3, 0.4) is 0 Å². The number of amides is 1. The highest BCUT2D eigenvalue weighted by molar-refractivity contribution is 5.98. The van der Waals surface area contributed by atoms with Crippen LogP contribution in [0.25, 0.3) is 0 Å². The molecule has 37 heavy (non-hydrogen) atoms. The van der Waals surface area contributed by atoms with E-state index in [1.165, 1.54) is 26.3 Å². The van der Waals surface area contributed by atoms with Crippen molar-refractivity contribution in [1.82, 2.24) is 10.3 Å². The van der Waals surface area contributed by atoms with E-state index < -0.39 is 42.9 Å². The highest BCUT2D eigenvalue weighted by Crippen LogP contribution is 2.29. The SMILES string of the molecule is COc1ccnc(C(=O)NC2COCC(OCC(C)C)C(OCC(C)C)COC2=O)c1OCOC(C)=O. The highest BCUT2D eigenvalue weighted by Gasteiger charge is 2.33. The maximum absolute atomic E-state index is 13.1. The van der Waals surface area contributed by atoms with Gasteiger partial charge in [0, 0.05) is 32.4 Å². The fraction of sp³-hybridized carbons (Fsp3) is 0.680. The van der Waals surface area contributed by atoms with Crippen LogP contribution in [0.2, 0.25) is 0 Å². The molecule has 0 bridgehead atoms. The molecule has 0 saturated carbocycles. The number of carbonyl (C=O) groups is 3. The first-order valence-electron chi connectivity index (χ1n) is 12.2. The summed E-state index contributed by atoms with van der Waals surface area (Å²) in [4.78, 5) is 41.1. The van der Waals surface area contributed by atoms with E-state index >= 15 is 0 Å². The Labute approximate surface area is 217 Å². The summed E-state index contributed by atoms with van der Waals surface area (Å²) in [5.41, 5.74) is -0.171. The molecule has 12 nitrogen and oxygen atoms in total. The molecular weight excluding hydrogens is 488 g/mol. The first-order chi connectivity index (χ1) is 17.6. The Hall–Kier alpha value is -2.96. The molecule has 1 aliphatic rings. The second-order valence-electron chi connectivity index (χ2n) is 9.31. The van der Waals surface area contributed by atoms with E-state index in [1.807, 2.05) is 27.7 Å². The van der Waals surface area contributed by atoms with Crippen LogP contribution < -0.4 is 14.8 Å². The standard InChI is InChI=1S/C25H38N2O10/c1-15(2)9-33-20-12-32-11-18(25(30)35-13-21(20)34-10-16(3)4)27-24(29)22-23(37-14-36-17(5)28)19(31-6)7-8-26-22/h7-8,15-16,18,20-21H,9-14H2,1-6H3,(H,27,29). The average Bonchev–Trinajstić information content (AvgIpc) is 2.91. The number of pyridine rings is 1. The molecule has 12 heteroatoms. The topological polar surface area (TPSA) is 141 Å². The molecule has 1 aliphatic heterocycles. The molecule has 208 valence electrons. The zero-order valence-electron chi connectivity index (χ0n) is 22.3. The van der Waals surface area contributed by atoms with Gasteiger partial charge in [0.15, 0.2) is 23.2 Å². The first-order valence-corrected chi connectivity index (χ1v) is 12.2. The van der Waals surface area contributed by atoms with Crippen molar-refractivity contribution in [2.24, 2.45) is 11.8 Å². The Morgan fingerprint density at radius 3 is 2.32 bits per heavy atom. The quantitative estimate of drug-likeness (QED) is 0.314. The Bertz CT molecular complexity index is 892. The number of carbonyl (C=O) groups excluding carboxylic acids is 3. The number of ether oxygens (including phenoxy) is 7. The van der Waals surface area contributed by atoms with Crippen molar-refractivity contribution in [2.45, 2.75) is 52.9 Å². The van der Waals surface area contributed by atoms with Crippen LogP contribution in [0, 0.1) is 11.8 Å². The zero-order chi connectivity index (χ0) is 27.4. The summed E-state index contributed by atoms with van der Waals surface area (Å²) in [6.07, 6.45) is 0.364. The van der Waals surface area contributed by atoms with Crippen LogP contribution in [0.4, 0.5) is 0 Å². The molecular formula is C25H38N2O10. The Kier molecular flexibility index (Phi) is 12.5. The van der Waals surface area contributed by atoms with Gasteiger partial charge in [0.2, 0.25) is 6.79 Å². The van der Waals surface area contributed by atoms with Crippen LogP contribution in [0.15, 0.2) is 12.3 Å². The van der Waals surface area contributed by atoms with E-state index in [2.05, 4.69) is 10.3 Å². The largest absolute Gasteiger partial charge is 0.493 e. The summed E-state index contributed by atoms with van der Waals surface area (Å²) in [6.45, 7) is 9.74. The Balaban J connectivity index is 2.15. The van der Waals surface area contributed by atoms with Gasteiger partial charge in [0.05, 0.1) is 20.3 Å². The molecule has 0 aromatic carbocycles. The van der Waals surface area contributed by atoms with Gasteiger partial charge in [-0.05, 0) is 11.8 Å². The lowest BCUT2D eigenvalue weighted by atomic mass is 10.2. The van der Waals surface area contributed by atoms with E-state index in [1.54, 1.807) is 0 Å². The lowest BCUT2D eigenvalue weighted by Gasteiger charge is -2.27. The summed E-state index contributed by atoms with van der Waals surface area (Å²) in [5.74, 6) is -1.29. The Morgan fingerprint density at radius 2 is 1.73 bits per heavy atom. The summed E-state index contributed by atoms with van der Waals surface area (Å²) < 4.78 is 38.7. The predicted octanol–water partition coefficient (Wildman–Crippen LogP) is 1.74. The van der Waals surface area contributed by atoms with Gasteiger partial charge in [-0.1, -0.05) is 27.7 Å². The summed E-state index contributed by atoms with van der Waals surface area (Å²) in [5, 5.41) is 2.58. The van der Waals surface area contributed by atoms with Crippen molar-refractivity contribution in [2.75, 3.05) is 46.9 Å². The van der Waals surface area contributed by atoms with E-state index in [-0.39, 0.29) is 42.9 Å². The minimum atomic E-state index is -1.13. The molecule has 0 spiro atoms. The predicted molar refractivity (Wildman–Crippen MR) is 130 cm³/mol. The van der Waals surface area contributed by atoms with Gasteiger partial charge in [-0.15, -0.1) is 0 Å². The molecule has 1 saturated heterocycles. The minimum absolute atomic E-state index is 0.0506. The molecule has 1 amide bonds. The summed E-state index contributed by atoms with van der Waals surface area (Å²) >= 11 is 0. The molecule has 1 fully saturated rings. The number of aromatic nitrogens is 1. The van der Waals surface area contributed by atoms with Crippen molar-refractivity contribution in [1.29, 1.82) is 0 Å². The highest BCUT2D eigenvalue weighted by atomic mass is 16.7. The molecule has 2 heterocycles. The van der Waals surface area contributed by atoms with Gasteiger partial charge in [-0.25, -0.2) is 9.78 Å². The van der Waals surface area contributed by atoms with Crippen molar-refractivity contribution in [3.05, 3.63) is 18.0 Å². The third-order valence-electron chi connectivity index (χ3n) is 5.02. The molecule has 1 aromatic heterocycles. The van der Waals surface area contributed by atoms with E-state index in [0.717, 1.165) is 0 Å². The number of nitrogens with one attached hydrogen (secondary N) is 1. The Morgan fingerprint density at radius 1 is 1.08 bits per heavy atom. The smallest absolute Gasteiger partial charge is 0.331 e. The molecule has 3 atom stereocenters. The summed E-state index contributed by atoms with van der Waals surface area (Å²) in [7, 11) is 1.38. The van der Waals surface area contributed by atoms with E-state index in [9.17, 15) is 14.4 Å². The van der Waals surface area contributed by atoms with Crippen molar-refractivity contribution in [3.8, 4) is 11.5 Å². The van der Waals surface area contributed by atoms with Crippen LogP contribution >= 0.6 is 0 Å². The van der Waals surface area contributed by atoms with Gasteiger partial charge in [0.25, 0.3) is 5.91 Å². The second kappa shape index (κ2) is 15.3. The second-order valence-corrected chi connectivity index (χ2v) is 9.31. The average molecular weight is 527 g/mol. The van der Waals surface area contributed by atoms with Crippen molar-refractivity contribution >= 4 is 17.8 Å². The van der Waals surface area contributed by atoms with Gasteiger partial charge in [0.1, 0.15) is 18.8 Å². The third-order valence-corrected chi connectivity index (χ3v) is 5.02. The van der Waals surface area contributed by atoms with Crippen LogP contribution in [-0.2, 0) is 33.3 Å². The number of nitrogens with zero attached hydrogens (tertiary/aromatic N) is 1. The zero-order valence-corrected chi connectivity index (χ0v) is 22.3. The monoisotopic (exact) mass is 526 g/mol. The van der Waals surface area contributed by atoms with Crippen LogP contribution in [0.5, 0.6) is 11.5 Å². The first kappa shape index (κ1) is 30.3. The molecule has 1 aromatic rings. The van der Waals surface area contributed by atoms with Crippen LogP contribution in [-0.4, -0.2) is 88.0 Å². The molecule has 1 N–H and O–H groups in total. The van der Waals surface area contributed by atoms with Gasteiger partial charge >= 0.3 is 11.9 Å². The lowest BCUT2D eigenvalue weighted by molar-refractivity contribution is -0.156. The normalized spacial score (nSPS) is 20.4. The number of methoxy groups -OCH3 is 1. The van der Waals surface area contributed by atoms with Gasteiger partial charge < -0.3 is 38.5 Å². The fourth-order valence-corrected chi connectivity index (χ4v) is 3.18.